The molecule has 0 spiro atoms. The number of hydrogen-bond donors (Lipinski definition) is 4. The zero-order chi connectivity index (χ0) is 20.6. The van der Waals surface area contributed by atoms with Crippen molar-refractivity contribution in [3.63, 3.8) is 0 Å². The van der Waals surface area contributed by atoms with Gasteiger partial charge in [-0.05, 0) is 42.3 Å². The Balaban J connectivity index is 2.19. The molecule has 2 aromatic heterocycles. The summed E-state index contributed by atoms with van der Waals surface area (Å²) < 4.78 is 1.25. The maximum absolute atomic E-state index is 13.1. The van der Waals surface area contributed by atoms with Crippen molar-refractivity contribution in [2.75, 3.05) is 6.61 Å². The molecule has 1 aromatic carbocycles. The Morgan fingerprint density at radius 1 is 1.11 bits per heavy atom. The Hall–Kier alpha value is -2.73. The minimum Gasteiger partial charge on any atom is -0.394 e. The summed E-state index contributed by atoms with van der Waals surface area (Å²) in [6.07, 6.45) is -4.68. The maximum Gasteiger partial charge on any atom is 0.281 e. The molecule has 0 aliphatic carbocycles. The number of hydrogen-bond acceptors (Lipinski definition) is 9. The summed E-state index contributed by atoms with van der Waals surface area (Å²) in [5, 5.41) is 50.4. The molecule has 3 rings (SSSR count). The molecule has 0 amide bonds. The lowest BCUT2D eigenvalue weighted by molar-refractivity contribution is -0.0805. The fourth-order valence-corrected chi connectivity index (χ4v) is 2.86. The topological polar surface area (TPSA) is 159 Å². The van der Waals surface area contributed by atoms with Crippen LogP contribution in [0.15, 0.2) is 16.9 Å². The van der Waals surface area contributed by atoms with Gasteiger partial charge in [-0.1, -0.05) is 0 Å². The van der Waals surface area contributed by atoms with Gasteiger partial charge in [0.15, 0.2) is 5.69 Å². The number of nitrogens with zero attached hydrogens (tertiary/aromatic N) is 6. The minimum absolute atomic E-state index is 0.0341. The van der Waals surface area contributed by atoms with E-state index in [4.69, 9.17) is 5.11 Å². The Kier molecular flexibility index (Phi) is 5.52. The van der Waals surface area contributed by atoms with Crippen LogP contribution in [0.1, 0.15) is 11.1 Å². The van der Waals surface area contributed by atoms with Gasteiger partial charge in [-0.2, -0.15) is 4.80 Å². The summed E-state index contributed by atoms with van der Waals surface area (Å²) in [5.74, 6) is 0.0341. The average Bonchev–Trinajstić information content (AvgIpc) is 3.10. The molecular weight excluding hydrogens is 368 g/mol. The number of tetrazole rings is 1. The predicted octanol–water partition coefficient (Wildman–Crippen LogP) is -1.72. The Labute approximate surface area is 159 Å². The summed E-state index contributed by atoms with van der Waals surface area (Å²) in [7, 11) is 1.56. The largest absolute Gasteiger partial charge is 0.394 e. The number of rotatable bonds is 6. The van der Waals surface area contributed by atoms with Gasteiger partial charge in [0.25, 0.3) is 5.56 Å². The average molecular weight is 390 g/mol. The first-order chi connectivity index (χ1) is 13.2. The molecule has 150 valence electrons. The van der Waals surface area contributed by atoms with E-state index in [1.165, 1.54) is 9.36 Å². The fourth-order valence-electron chi connectivity index (χ4n) is 2.86. The SMILES string of the molecule is Cc1cc2nc(-c3nnn(C)n3)c(=O)n(C[C@H](O)[C@H](O)[C@H](O)CO)c2cc1C. The Bertz CT molecular complexity index is 1060. The quantitative estimate of drug-likeness (QED) is 0.384. The molecule has 0 saturated heterocycles. The van der Waals surface area contributed by atoms with E-state index < -0.39 is 30.5 Å². The normalized spacial score (nSPS) is 15.0. The summed E-state index contributed by atoms with van der Waals surface area (Å²) in [4.78, 5) is 18.6. The first kappa shape index (κ1) is 20.0. The maximum atomic E-state index is 13.1. The van der Waals surface area contributed by atoms with Gasteiger partial charge in [0.05, 0.1) is 31.2 Å². The third-order valence-corrected chi connectivity index (χ3v) is 4.63. The molecule has 0 bridgehead atoms. The van der Waals surface area contributed by atoms with Crippen molar-refractivity contribution in [2.45, 2.75) is 38.7 Å². The van der Waals surface area contributed by atoms with Gasteiger partial charge >= 0.3 is 0 Å². The van der Waals surface area contributed by atoms with Crippen LogP contribution in [0.5, 0.6) is 0 Å². The highest BCUT2D eigenvalue weighted by Gasteiger charge is 2.26. The van der Waals surface area contributed by atoms with Crippen LogP contribution in [0.25, 0.3) is 22.6 Å². The number of aromatic nitrogens is 6. The van der Waals surface area contributed by atoms with Crippen LogP contribution in [0.4, 0.5) is 0 Å². The third-order valence-electron chi connectivity index (χ3n) is 4.63. The van der Waals surface area contributed by atoms with Crippen LogP contribution in [-0.4, -0.2) is 75.1 Å². The summed E-state index contributed by atoms with van der Waals surface area (Å²) in [5.41, 5.74) is 2.18. The molecule has 0 fully saturated rings. The standard InChI is InChI=1S/C17H22N6O5/c1-8-4-10-11(5-9(8)2)23(6-12(25)15(27)13(26)7-24)17(28)14(18-10)16-19-21-22(3)20-16/h4-5,12-13,15,24-27H,6-7H2,1-3H3/t12-,13+,15-/m0/s1. The highest BCUT2D eigenvalue weighted by molar-refractivity contribution is 5.78. The highest BCUT2D eigenvalue weighted by Crippen LogP contribution is 2.20. The van der Waals surface area contributed by atoms with Gasteiger partial charge in [-0.3, -0.25) is 4.79 Å². The molecule has 0 aliphatic rings. The second-order valence-corrected chi connectivity index (χ2v) is 6.71. The minimum atomic E-state index is -1.63. The van der Waals surface area contributed by atoms with Crippen molar-refractivity contribution in [3.8, 4) is 11.5 Å². The molecular formula is C17H22N6O5. The number of aliphatic hydroxyl groups is 4. The van der Waals surface area contributed by atoms with E-state index in [1.54, 1.807) is 19.2 Å². The van der Waals surface area contributed by atoms with Crippen LogP contribution in [-0.2, 0) is 13.6 Å². The van der Waals surface area contributed by atoms with Crippen LogP contribution in [0.2, 0.25) is 0 Å². The lowest BCUT2D eigenvalue weighted by atomic mass is 10.1. The third kappa shape index (κ3) is 3.64. The smallest absolute Gasteiger partial charge is 0.281 e. The Morgan fingerprint density at radius 3 is 2.39 bits per heavy atom. The van der Waals surface area contributed by atoms with Gasteiger partial charge in [0.1, 0.15) is 18.3 Å². The first-order valence-electron chi connectivity index (χ1n) is 8.64. The molecule has 28 heavy (non-hydrogen) atoms. The molecule has 3 atom stereocenters. The van der Waals surface area contributed by atoms with E-state index in [1.807, 2.05) is 13.8 Å². The zero-order valence-electron chi connectivity index (χ0n) is 15.7. The molecule has 11 heteroatoms. The van der Waals surface area contributed by atoms with E-state index in [2.05, 4.69) is 20.4 Å². The van der Waals surface area contributed by atoms with Gasteiger partial charge < -0.3 is 25.0 Å². The van der Waals surface area contributed by atoms with Crippen LogP contribution in [0, 0.1) is 13.8 Å². The van der Waals surface area contributed by atoms with Crippen molar-refractivity contribution in [3.05, 3.63) is 33.6 Å². The Morgan fingerprint density at radius 2 is 1.79 bits per heavy atom. The monoisotopic (exact) mass is 390 g/mol. The van der Waals surface area contributed by atoms with Crippen LogP contribution < -0.4 is 5.56 Å². The van der Waals surface area contributed by atoms with Crippen molar-refractivity contribution in [2.24, 2.45) is 7.05 Å². The summed E-state index contributed by atoms with van der Waals surface area (Å²) >= 11 is 0. The molecule has 0 aliphatic heterocycles. The van der Waals surface area contributed by atoms with Gasteiger partial charge in [-0.25, -0.2) is 4.98 Å². The first-order valence-corrected chi connectivity index (χ1v) is 8.64. The molecule has 0 radical (unpaired) electrons. The molecule has 0 unspecified atom stereocenters. The fraction of sp³-hybridized carbons (Fsp3) is 0.471. The molecule has 11 nitrogen and oxygen atoms in total. The molecule has 2 heterocycles. The van der Waals surface area contributed by atoms with E-state index in [9.17, 15) is 20.1 Å². The van der Waals surface area contributed by atoms with Crippen LogP contribution in [0.3, 0.4) is 0 Å². The number of benzene rings is 1. The second-order valence-electron chi connectivity index (χ2n) is 6.71. The van der Waals surface area contributed by atoms with Crippen molar-refractivity contribution < 1.29 is 20.4 Å². The van der Waals surface area contributed by atoms with E-state index in [0.29, 0.717) is 11.0 Å². The lowest BCUT2D eigenvalue weighted by Crippen LogP contribution is -2.43. The molecule has 0 saturated carbocycles. The summed E-state index contributed by atoms with van der Waals surface area (Å²) in [6, 6.07) is 3.56. The highest BCUT2D eigenvalue weighted by atomic mass is 16.4. The van der Waals surface area contributed by atoms with Gasteiger partial charge in [0, 0.05) is 0 Å². The number of fused-ring (bicyclic) bond motifs is 1. The zero-order valence-corrected chi connectivity index (χ0v) is 15.7. The van der Waals surface area contributed by atoms with Crippen molar-refractivity contribution in [1.82, 2.24) is 29.8 Å². The van der Waals surface area contributed by atoms with Gasteiger partial charge in [-0.15, -0.1) is 10.2 Å². The van der Waals surface area contributed by atoms with Crippen LogP contribution >= 0.6 is 0 Å². The van der Waals surface area contributed by atoms with E-state index in [-0.39, 0.29) is 18.1 Å². The van der Waals surface area contributed by atoms with E-state index in [0.717, 1.165) is 11.1 Å². The van der Waals surface area contributed by atoms with Crippen molar-refractivity contribution in [1.29, 1.82) is 0 Å². The number of aliphatic hydroxyl groups excluding tert-OH is 4. The second kappa shape index (κ2) is 7.72. The van der Waals surface area contributed by atoms with Gasteiger partial charge in [0.2, 0.25) is 5.82 Å². The lowest BCUT2D eigenvalue weighted by Gasteiger charge is -2.23. The molecule has 4 N–H and O–H groups in total. The number of aryl methyl sites for hydroxylation is 3. The summed E-state index contributed by atoms with van der Waals surface area (Å²) in [6.45, 7) is 2.73. The predicted molar refractivity (Wildman–Crippen MR) is 98.4 cm³/mol. The molecule has 3 aromatic rings. The van der Waals surface area contributed by atoms with Crippen molar-refractivity contribution >= 4 is 11.0 Å². The van der Waals surface area contributed by atoms with E-state index >= 15 is 0 Å².